The molecule has 30 heavy (non-hydrogen) atoms. The van der Waals surface area contributed by atoms with E-state index in [2.05, 4.69) is 17.4 Å². The molecule has 1 fully saturated rings. The molecule has 1 saturated heterocycles. The standard InChI is InChI=1S/C23H28N2O4S/c1-22(2,3)29-21(27)24-18(17-11-8-12-30-17)20(26)25-19-15-10-7-6-9-14(15)13-16(19)28-23(25,4)5/h6-12,16,18-19H,13H2,1-5H3,(H,24,27)/t16-,18?,19+/m1/s1. The number of benzene rings is 1. The highest BCUT2D eigenvalue weighted by Crippen LogP contribution is 2.49. The molecular formula is C23H28N2O4S. The van der Waals surface area contributed by atoms with Crippen molar-refractivity contribution in [2.75, 3.05) is 0 Å². The lowest BCUT2D eigenvalue weighted by Gasteiger charge is -2.36. The van der Waals surface area contributed by atoms with Crippen LogP contribution in [0.5, 0.6) is 0 Å². The molecule has 2 aliphatic rings. The molecule has 1 unspecified atom stereocenters. The minimum atomic E-state index is -0.839. The van der Waals surface area contributed by atoms with Crippen molar-refractivity contribution in [1.29, 1.82) is 0 Å². The zero-order valence-corrected chi connectivity index (χ0v) is 18.8. The first kappa shape index (κ1) is 20.9. The largest absolute Gasteiger partial charge is 0.444 e. The summed E-state index contributed by atoms with van der Waals surface area (Å²) in [6, 6.07) is 10.9. The first-order chi connectivity index (χ1) is 14.1. The lowest BCUT2D eigenvalue weighted by Crippen LogP contribution is -2.50. The van der Waals surface area contributed by atoms with Crippen LogP contribution in [0.15, 0.2) is 41.8 Å². The van der Waals surface area contributed by atoms with Gasteiger partial charge >= 0.3 is 6.09 Å². The molecular weight excluding hydrogens is 400 g/mol. The van der Waals surface area contributed by atoms with Crippen molar-refractivity contribution >= 4 is 23.3 Å². The molecule has 0 saturated carbocycles. The Morgan fingerprint density at radius 2 is 1.97 bits per heavy atom. The predicted octanol–water partition coefficient (Wildman–Crippen LogP) is 4.57. The van der Waals surface area contributed by atoms with Gasteiger partial charge in [-0.05, 0) is 57.2 Å². The zero-order chi connectivity index (χ0) is 21.7. The number of alkyl carbamates (subject to hydrolysis) is 1. The fourth-order valence-electron chi connectivity index (χ4n) is 4.39. The van der Waals surface area contributed by atoms with Gasteiger partial charge in [-0.3, -0.25) is 4.79 Å². The Morgan fingerprint density at radius 3 is 2.63 bits per heavy atom. The van der Waals surface area contributed by atoms with Crippen molar-refractivity contribution in [1.82, 2.24) is 10.2 Å². The van der Waals surface area contributed by atoms with Crippen LogP contribution in [0.2, 0.25) is 0 Å². The molecule has 0 radical (unpaired) electrons. The van der Waals surface area contributed by atoms with Crippen molar-refractivity contribution in [3.63, 3.8) is 0 Å². The Morgan fingerprint density at radius 1 is 1.23 bits per heavy atom. The third-order valence-electron chi connectivity index (χ3n) is 5.42. The average Bonchev–Trinajstić information content (AvgIpc) is 3.31. The van der Waals surface area contributed by atoms with Gasteiger partial charge in [-0.15, -0.1) is 11.3 Å². The normalized spacial score (nSPS) is 22.9. The summed E-state index contributed by atoms with van der Waals surface area (Å²) in [6.45, 7) is 9.21. The van der Waals surface area contributed by atoms with Crippen molar-refractivity contribution in [2.45, 2.75) is 70.6 Å². The molecule has 1 N–H and O–H groups in total. The summed E-state index contributed by atoms with van der Waals surface area (Å²) in [6.07, 6.45) is 0.0689. The number of thiophene rings is 1. The van der Waals surface area contributed by atoms with Gasteiger partial charge in [-0.25, -0.2) is 4.79 Å². The van der Waals surface area contributed by atoms with E-state index in [9.17, 15) is 9.59 Å². The summed E-state index contributed by atoms with van der Waals surface area (Å²) in [5, 5.41) is 4.69. The van der Waals surface area contributed by atoms with E-state index in [1.165, 1.54) is 16.9 Å². The minimum absolute atomic E-state index is 0.0909. The lowest BCUT2D eigenvalue weighted by atomic mass is 10.0. The van der Waals surface area contributed by atoms with Crippen LogP contribution in [-0.2, 0) is 20.7 Å². The third kappa shape index (κ3) is 3.84. The summed E-state index contributed by atoms with van der Waals surface area (Å²) >= 11 is 1.43. The Hall–Kier alpha value is -2.38. The maximum atomic E-state index is 13.9. The van der Waals surface area contributed by atoms with E-state index < -0.39 is 23.5 Å². The van der Waals surface area contributed by atoms with Crippen LogP contribution in [0.25, 0.3) is 0 Å². The van der Waals surface area contributed by atoms with Gasteiger partial charge in [0.25, 0.3) is 5.91 Å². The van der Waals surface area contributed by atoms with Gasteiger partial charge in [0, 0.05) is 11.3 Å². The van der Waals surface area contributed by atoms with E-state index in [0.29, 0.717) is 0 Å². The second-order valence-corrected chi connectivity index (χ2v) is 10.2. The molecule has 4 rings (SSSR count). The molecule has 0 bridgehead atoms. The number of ether oxygens (including phenoxy) is 2. The van der Waals surface area contributed by atoms with Gasteiger partial charge in [0.2, 0.25) is 0 Å². The molecule has 2 amide bonds. The summed E-state index contributed by atoms with van der Waals surface area (Å²) in [4.78, 5) is 29.0. The van der Waals surface area contributed by atoms with E-state index in [1.54, 1.807) is 25.7 Å². The molecule has 0 spiro atoms. The lowest BCUT2D eigenvalue weighted by molar-refractivity contribution is -0.150. The Kier molecular flexibility index (Phi) is 5.14. The second kappa shape index (κ2) is 7.39. The van der Waals surface area contributed by atoms with Crippen molar-refractivity contribution in [3.8, 4) is 0 Å². The second-order valence-electron chi connectivity index (χ2n) is 9.25. The molecule has 6 nitrogen and oxygen atoms in total. The van der Waals surface area contributed by atoms with Gasteiger partial charge in [0.1, 0.15) is 17.4 Å². The Balaban J connectivity index is 1.67. The van der Waals surface area contributed by atoms with Gasteiger partial charge in [0.15, 0.2) is 0 Å². The number of amides is 2. The molecule has 160 valence electrons. The van der Waals surface area contributed by atoms with Gasteiger partial charge in [-0.2, -0.15) is 0 Å². The van der Waals surface area contributed by atoms with E-state index in [1.807, 2.05) is 43.5 Å². The predicted molar refractivity (Wildman–Crippen MR) is 115 cm³/mol. The van der Waals surface area contributed by atoms with Crippen molar-refractivity contribution < 1.29 is 19.1 Å². The number of carbonyl (C=O) groups excluding carboxylic acids is 2. The highest BCUT2D eigenvalue weighted by molar-refractivity contribution is 7.10. The maximum absolute atomic E-state index is 13.9. The highest BCUT2D eigenvalue weighted by atomic mass is 32.1. The summed E-state index contributed by atoms with van der Waals surface area (Å²) in [5.74, 6) is -0.197. The number of hydrogen-bond acceptors (Lipinski definition) is 5. The Bertz CT molecular complexity index is 948. The number of hydrogen-bond donors (Lipinski definition) is 1. The SMILES string of the molecule is CC(C)(C)OC(=O)NC(C(=O)N1[C@H]2c3ccccc3C[C@H]2OC1(C)C)c1cccs1. The molecule has 7 heteroatoms. The molecule has 2 aromatic rings. The van der Waals surface area contributed by atoms with Crippen LogP contribution in [0.1, 0.15) is 62.7 Å². The zero-order valence-electron chi connectivity index (χ0n) is 18.0. The smallest absolute Gasteiger partial charge is 0.408 e. The fourth-order valence-corrected chi connectivity index (χ4v) is 5.16. The first-order valence-electron chi connectivity index (χ1n) is 10.2. The van der Waals surface area contributed by atoms with Crippen molar-refractivity contribution in [3.05, 3.63) is 57.8 Å². The van der Waals surface area contributed by atoms with E-state index >= 15 is 0 Å². The summed E-state index contributed by atoms with van der Waals surface area (Å²) in [7, 11) is 0. The molecule has 1 aromatic carbocycles. The number of carbonyl (C=O) groups is 2. The topological polar surface area (TPSA) is 67.9 Å². The molecule has 1 aliphatic heterocycles. The van der Waals surface area contributed by atoms with Gasteiger partial charge < -0.3 is 19.7 Å². The molecule has 3 atom stereocenters. The van der Waals surface area contributed by atoms with Crippen molar-refractivity contribution in [2.24, 2.45) is 0 Å². The average molecular weight is 429 g/mol. The quantitative estimate of drug-likeness (QED) is 0.777. The number of nitrogens with one attached hydrogen (secondary N) is 1. The first-order valence-corrected chi connectivity index (χ1v) is 11.1. The monoisotopic (exact) mass is 428 g/mol. The van der Waals surface area contributed by atoms with E-state index in [4.69, 9.17) is 9.47 Å². The number of rotatable bonds is 3. The highest BCUT2D eigenvalue weighted by Gasteiger charge is 2.55. The van der Waals surface area contributed by atoms with E-state index in [0.717, 1.165) is 16.9 Å². The molecule has 1 aliphatic carbocycles. The van der Waals surface area contributed by atoms with Crippen LogP contribution in [0, 0.1) is 0 Å². The van der Waals surface area contributed by atoms with Crippen LogP contribution in [0.3, 0.4) is 0 Å². The van der Waals surface area contributed by atoms with Crippen LogP contribution in [-0.4, -0.2) is 34.3 Å². The number of nitrogens with zero attached hydrogens (tertiary/aromatic N) is 1. The summed E-state index contributed by atoms with van der Waals surface area (Å²) in [5.41, 5.74) is 0.876. The number of fused-ring (bicyclic) bond motifs is 3. The van der Waals surface area contributed by atoms with Crippen LogP contribution >= 0.6 is 11.3 Å². The Labute approximate surface area is 181 Å². The van der Waals surface area contributed by atoms with Crippen LogP contribution in [0.4, 0.5) is 4.79 Å². The molecule has 2 heterocycles. The van der Waals surface area contributed by atoms with E-state index in [-0.39, 0.29) is 18.1 Å². The minimum Gasteiger partial charge on any atom is -0.444 e. The van der Waals surface area contributed by atoms with Crippen LogP contribution < -0.4 is 5.32 Å². The fraction of sp³-hybridized carbons (Fsp3) is 0.478. The van der Waals surface area contributed by atoms with Gasteiger partial charge in [-0.1, -0.05) is 30.3 Å². The third-order valence-corrected chi connectivity index (χ3v) is 6.36. The van der Waals surface area contributed by atoms with Gasteiger partial charge in [0.05, 0.1) is 12.1 Å². The maximum Gasteiger partial charge on any atom is 0.408 e. The molecule has 1 aromatic heterocycles. The summed E-state index contributed by atoms with van der Waals surface area (Å²) < 4.78 is 11.7.